The van der Waals surface area contributed by atoms with E-state index in [-0.39, 0.29) is 18.1 Å². The minimum Gasteiger partial charge on any atom is -0.457 e. The lowest BCUT2D eigenvalue weighted by Gasteiger charge is -2.18. The molecule has 4 aromatic rings. The maximum absolute atomic E-state index is 13.6. The molecule has 1 aromatic heterocycles. The van der Waals surface area contributed by atoms with Crippen molar-refractivity contribution in [1.29, 1.82) is 5.26 Å². The van der Waals surface area contributed by atoms with Crippen molar-refractivity contribution in [2.24, 2.45) is 0 Å². The van der Waals surface area contributed by atoms with Crippen LogP contribution in [0.4, 0.5) is 10.1 Å². The van der Waals surface area contributed by atoms with Gasteiger partial charge in [0.05, 0.1) is 11.6 Å². The number of aryl methyl sites for hydroxylation is 1. The SMILES string of the molecule is Cc1nnnn1C(Cc1cccc(F)c1)C(=O)Nc1ccc(Oc2cccc(C#N)c2)cc1. The van der Waals surface area contributed by atoms with Crippen molar-refractivity contribution in [2.75, 3.05) is 5.32 Å². The highest BCUT2D eigenvalue weighted by Gasteiger charge is 2.24. The summed E-state index contributed by atoms with van der Waals surface area (Å²) in [6.07, 6.45) is 0.214. The Morgan fingerprint density at radius 3 is 2.61 bits per heavy atom. The van der Waals surface area contributed by atoms with Crippen molar-refractivity contribution in [3.63, 3.8) is 0 Å². The molecule has 0 saturated carbocycles. The second-order valence-electron chi connectivity index (χ2n) is 7.28. The number of nitrogens with zero attached hydrogens (tertiary/aromatic N) is 5. The largest absolute Gasteiger partial charge is 0.457 e. The number of nitrogens with one attached hydrogen (secondary N) is 1. The highest BCUT2D eigenvalue weighted by Crippen LogP contribution is 2.25. The van der Waals surface area contributed by atoms with Crippen LogP contribution in [0.2, 0.25) is 0 Å². The van der Waals surface area contributed by atoms with Crippen molar-refractivity contribution >= 4 is 11.6 Å². The molecular weight excluding hydrogens is 423 g/mol. The Hall–Kier alpha value is -4.58. The molecule has 1 heterocycles. The molecule has 0 spiro atoms. The van der Waals surface area contributed by atoms with Gasteiger partial charge in [0.1, 0.15) is 29.2 Å². The molecular formula is C24H19FN6O2. The topological polar surface area (TPSA) is 106 Å². The molecule has 0 bridgehead atoms. The van der Waals surface area contributed by atoms with E-state index in [1.165, 1.54) is 16.8 Å². The first-order chi connectivity index (χ1) is 16.0. The van der Waals surface area contributed by atoms with Gasteiger partial charge in [0.2, 0.25) is 5.91 Å². The third-order valence-electron chi connectivity index (χ3n) is 4.89. The normalized spacial score (nSPS) is 11.4. The first-order valence-electron chi connectivity index (χ1n) is 10.1. The van der Waals surface area contributed by atoms with Crippen LogP contribution in [0.1, 0.15) is 23.0 Å². The second-order valence-corrected chi connectivity index (χ2v) is 7.28. The summed E-state index contributed by atoms with van der Waals surface area (Å²) in [7, 11) is 0. The lowest BCUT2D eigenvalue weighted by molar-refractivity contribution is -0.119. The van der Waals surface area contributed by atoms with Gasteiger partial charge in [0, 0.05) is 12.1 Å². The Kier molecular flexibility index (Phi) is 6.36. The average Bonchev–Trinajstić information content (AvgIpc) is 3.24. The zero-order valence-electron chi connectivity index (χ0n) is 17.6. The van der Waals surface area contributed by atoms with E-state index in [2.05, 4.69) is 26.9 Å². The molecule has 1 amide bonds. The molecule has 3 aromatic carbocycles. The first-order valence-corrected chi connectivity index (χ1v) is 10.1. The van der Waals surface area contributed by atoms with Gasteiger partial charge in [-0.3, -0.25) is 4.79 Å². The van der Waals surface area contributed by atoms with Crippen LogP contribution in [0.25, 0.3) is 0 Å². The Labute approximate surface area is 189 Å². The van der Waals surface area contributed by atoms with Gasteiger partial charge in [-0.15, -0.1) is 5.10 Å². The van der Waals surface area contributed by atoms with Crippen molar-refractivity contribution < 1.29 is 13.9 Å². The van der Waals surface area contributed by atoms with Crippen LogP contribution >= 0.6 is 0 Å². The van der Waals surface area contributed by atoms with E-state index < -0.39 is 6.04 Å². The molecule has 0 fully saturated rings. The minimum atomic E-state index is -0.772. The molecule has 4 rings (SSSR count). The minimum absolute atomic E-state index is 0.214. The third-order valence-corrected chi connectivity index (χ3v) is 4.89. The maximum atomic E-state index is 13.6. The van der Waals surface area contributed by atoms with Gasteiger partial charge in [-0.25, -0.2) is 9.07 Å². The number of tetrazole rings is 1. The van der Waals surface area contributed by atoms with Crippen LogP contribution in [0, 0.1) is 24.1 Å². The smallest absolute Gasteiger partial charge is 0.249 e. The van der Waals surface area contributed by atoms with Gasteiger partial charge in [0.15, 0.2) is 0 Å². The molecule has 1 N–H and O–H groups in total. The maximum Gasteiger partial charge on any atom is 0.249 e. The molecule has 1 unspecified atom stereocenters. The van der Waals surface area contributed by atoms with Gasteiger partial charge in [-0.2, -0.15) is 5.26 Å². The van der Waals surface area contributed by atoms with E-state index in [4.69, 9.17) is 10.00 Å². The summed E-state index contributed by atoms with van der Waals surface area (Å²) in [6, 6.07) is 21.0. The Balaban J connectivity index is 1.49. The van der Waals surface area contributed by atoms with Gasteiger partial charge in [-0.1, -0.05) is 18.2 Å². The fourth-order valence-corrected chi connectivity index (χ4v) is 3.30. The lowest BCUT2D eigenvalue weighted by atomic mass is 10.0. The number of halogens is 1. The van der Waals surface area contributed by atoms with Crippen molar-refractivity contribution in [3.05, 3.63) is 95.6 Å². The summed E-state index contributed by atoms with van der Waals surface area (Å²) < 4.78 is 20.8. The molecule has 0 radical (unpaired) electrons. The molecule has 9 heteroatoms. The predicted octanol–water partition coefficient (Wildman–Crippen LogP) is 4.21. The summed E-state index contributed by atoms with van der Waals surface area (Å²) in [5.41, 5.74) is 1.69. The van der Waals surface area contributed by atoms with E-state index in [1.54, 1.807) is 67.6 Å². The van der Waals surface area contributed by atoms with Crippen LogP contribution in [0.15, 0.2) is 72.8 Å². The summed E-state index contributed by atoms with van der Waals surface area (Å²) in [5, 5.41) is 23.3. The van der Waals surface area contributed by atoms with Crippen LogP contribution in [-0.2, 0) is 11.2 Å². The Morgan fingerprint density at radius 2 is 1.91 bits per heavy atom. The molecule has 33 heavy (non-hydrogen) atoms. The zero-order chi connectivity index (χ0) is 23.2. The number of benzene rings is 3. The standard InChI is InChI=1S/C24H19FN6O2/c1-16-28-29-30-31(16)23(14-17-4-2-6-19(25)12-17)24(32)27-20-8-10-21(11-9-20)33-22-7-3-5-18(13-22)15-26/h2-13,23H,14H2,1H3,(H,27,32). The number of hydrogen-bond donors (Lipinski definition) is 1. The summed E-state index contributed by atoms with van der Waals surface area (Å²) in [4.78, 5) is 13.1. The molecule has 0 aliphatic rings. The number of carbonyl (C=O) groups is 1. The van der Waals surface area contributed by atoms with Crippen molar-refractivity contribution in [2.45, 2.75) is 19.4 Å². The Bertz CT molecular complexity index is 1310. The third kappa shape index (κ3) is 5.37. The molecule has 0 aliphatic heterocycles. The molecule has 164 valence electrons. The first kappa shape index (κ1) is 21.6. The summed E-state index contributed by atoms with van der Waals surface area (Å²) in [5.74, 6) is 0.835. The lowest BCUT2D eigenvalue weighted by Crippen LogP contribution is -2.29. The van der Waals surface area contributed by atoms with Crippen LogP contribution in [0.3, 0.4) is 0 Å². The van der Waals surface area contributed by atoms with E-state index in [1.807, 2.05) is 0 Å². The number of nitriles is 1. The van der Waals surface area contributed by atoms with Crippen LogP contribution in [-0.4, -0.2) is 26.1 Å². The van der Waals surface area contributed by atoms with E-state index in [0.29, 0.717) is 34.1 Å². The molecule has 0 aliphatic carbocycles. The molecule has 0 saturated heterocycles. The zero-order valence-corrected chi connectivity index (χ0v) is 17.6. The summed E-state index contributed by atoms with van der Waals surface area (Å²) >= 11 is 0. The molecule has 1 atom stereocenters. The summed E-state index contributed by atoms with van der Waals surface area (Å²) in [6.45, 7) is 1.69. The van der Waals surface area contributed by atoms with E-state index >= 15 is 0 Å². The predicted molar refractivity (Wildman–Crippen MR) is 118 cm³/mol. The highest BCUT2D eigenvalue weighted by molar-refractivity contribution is 5.93. The van der Waals surface area contributed by atoms with Crippen LogP contribution in [0.5, 0.6) is 11.5 Å². The van der Waals surface area contributed by atoms with E-state index in [0.717, 1.165) is 0 Å². The fourth-order valence-electron chi connectivity index (χ4n) is 3.30. The van der Waals surface area contributed by atoms with Crippen LogP contribution < -0.4 is 10.1 Å². The average molecular weight is 442 g/mol. The second kappa shape index (κ2) is 9.70. The number of rotatable bonds is 7. The number of carbonyl (C=O) groups excluding carboxylic acids is 1. The monoisotopic (exact) mass is 442 g/mol. The number of anilines is 1. The van der Waals surface area contributed by atoms with Gasteiger partial charge in [-0.05, 0) is 77.5 Å². The Morgan fingerprint density at radius 1 is 1.12 bits per heavy atom. The van der Waals surface area contributed by atoms with E-state index in [9.17, 15) is 9.18 Å². The van der Waals surface area contributed by atoms with Gasteiger partial charge in [0.25, 0.3) is 0 Å². The number of ether oxygens (including phenoxy) is 1. The number of amides is 1. The van der Waals surface area contributed by atoms with Crippen molar-refractivity contribution in [3.8, 4) is 17.6 Å². The fraction of sp³-hybridized carbons (Fsp3) is 0.125. The van der Waals surface area contributed by atoms with Crippen molar-refractivity contribution in [1.82, 2.24) is 20.2 Å². The highest BCUT2D eigenvalue weighted by atomic mass is 19.1. The van der Waals surface area contributed by atoms with Gasteiger partial charge < -0.3 is 10.1 Å². The number of hydrogen-bond acceptors (Lipinski definition) is 6. The number of aromatic nitrogens is 4. The molecule has 8 nitrogen and oxygen atoms in total. The quantitative estimate of drug-likeness (QED) is 0.460. The van der Waals surface area contributed by atoms with Gasteiger partial charge >= 0.3 is 0 Å².